The molecule has 1 fully saturated rings. The fraction of sp³-hybridized carbons (Fsp3) is 0.391. The topological polar surface area (TPSA) is 334 Å². The van der Waals surface area contributed by atoms with Crippen molar-refractivity contribution in [2.45, 2.75) is 51.0 Å². The summed E-state index contributed by atoms with van der Waals surface area (Å²) in [5.74, 6) is -5.57. The molecule has 24 heteroatoms. The van der Waals surface area contributed by atoms with Crippen molar-refractivity contribution in [3.8, 4) is 5.75 Å². The number of nitrogen functional groups attached to an aromatic ring is 1. The molecule has 0 unspecified atom stereocenters. The van der Waals surface area contributed by atoms with Crippen molar-refractivity contribution in [3.05, 3.63) is 39.3 Å². The number of β-lactam (4-membered cyclic amide) rings is 1. The van der Waals surface area contributed by atoms with Crippen LogP contribution in [0.15, 0.2) is 27.6 Å². The maximum atomic E-state index is 13.2. The first kappa shape index (κ1) is 36.0. The molecule has 256 valence electrons. The Morgan fingerprint density at radius 3 is 2.47 bits per heavy atom. The van der Waals surface area contributed by atoms with E-state index >= 15 is 0 Å². The molecule has 2 aromatic rings. The number of nitrogens with two attached hydrogens (primary N) is 1. The second-order valence-electron chi connectivity index (χ2n) is 10.2. The molecule has 47 heavy (non-hydrogen) atoms. The van der Waals surface area contributed by atoms with Crippen LogP contribution in [0.25, 0.3) is 0 Å². The minimum absolute atomic E-state index is 0.00319. The molecule has 10 N–H and O–H groups in total. The van der Waals surface area contributed by atoms with E-state index in [4.69, 9.17) is 10.6 Å². The van der Waals surface area contributed by atoms with Crippen molar-refractivity contribution in [2.75, 3.05) is 12.3 Å². The molecule has 3 rings (SSSR count). The molecule has 1 aliphatic rings. The molecular formula is C23H29N9O13S2. The Morgan fingerprint density at radius 1 is 1.23 bits per heavy atom. The van der Waals surface area contributed by atoms with Gasteiger partial charge >= 0.3 is 22.3 Å². The van der Waals surface area contributed by atoms with Crippen molar-refractivity contribution < 1.29 is 57.2 Å². The van der Waals surface area contributed by atoms with Gasteiger partial charge in [0, 0.05) is 18.0 Å². The van der Waals surface area contributed by atoms with Crippen LogP contribution in [0.1, 0.15) is 32.2 Å². The summed E-state index contributed by atoms with van der Waals surface area (Å²) in [6.07, 6.45) is 0.709. The van der Waals surface area contributed by atoms with E-state index in [0.29, 0.717) is 10.9 Å². The average molecular weight is 704 g/mol. The highest BCUT2D eigenvalue weighted by molar-refractivity contribution is 7.84. The van der Waals surface area contributed by atoms with Gasteiger partial charge in [-0.05, 0) is 20.8 Å². The van der Waals surface area contributed by atoms with E-state index in [1.807, 2.05) is 0 Å². The van der Waals surface area contributed by atoms with Crippen molar-refractivity contribution in [2.24, 2.45) is 5.16 Å². The number of carboxylic acids is 1. The third kappa shape index (κ3) is 8.61. The average Bonchev–Trinajstić information content (AvgIpc) is 3.39. The molecule has 0 bridgehead atoms. The van der Waals surface area contributed by atoms with Gasteiger partial charge in [-0.3, -0.25) is 23.7 Å². The van der Waals surface area contributed by atoms with Crippen LogP contribution in [0.3, 0.4) is 0 Å². The molecule has 1 saturated heterocycles. The van der Waals surface area contributed by atoms with Crippen LogP contribution in [-0.2, 0) is 40.9 Å². The lowest BCUT2D eigenvalue weighted by atomic mass is 9.98. The molecular weight excluding hydrogens is 674 g/mol. The van der Waals surface area contributed by atoms with Crippen LogP contribution in [0.4, 0.5) is 9.93 Å². The lowest BCUT2D eigenvalue weighted by Crippen LogP contribution is -2.74. The van der Waals surface area contributed by atoms with Crippen LogP contribution in [0.2, 0.25) is 0 Å². The first-order valence-electron chi connectivity index (χ1n) is 13.0. The monoisotopic (exact) mass is 703 g/mol. The van der Waals surface area contributed by atoms with Crippen molar-refractivity contribution in [1.82, 2.24) is 35.3 Å². The minimum atomic E-state index is -5.18. The fourth-order valence-corrected chi connectivity index (χ4v) is 5.13. The summed E-state index contributed by atoms with van der Waals surface area (Å²) >= 11 is 0.886. The Morgan fingerprint density at radius 2 is 1.89 bits per heavy atom. The molecule has 3 atom stereocenters. The van der Waals surface area contributed by atoms with E-state index in [1.165, 1.54) is 12.3 Å². The Kier molecular flexibility index (Phi) is 10.6. The van der Waals surface area contributed by atoms with Crippen LogP contribution < -0.4 is 32.4 Å². The van der Waals surface area contributed by atoms with Crippen LogP contribution in [-0.4, -0.2) is 108 Å². The summed E-state index contributed by atoms with van der Waals surface area (Å²) in [4.78, 5) is 82.5. The van der Waals surface area contributed by atoms with E-state index < -0.39 is 93.7 Å². The highest BCUT2D eigenvalue weighted by Gasteiger charge is 2.54. The van der Waals surface area contributed by atoms with Gasteiger partial charge in [0.25, 0.3) is 11.8 Å². The second-order valence-corrected chi connectivity index (χ2v) is 12.4. The maximum Gasteiger partial charge on any atom is 0.362 e. The third-order valence-electron chi connectivity index (χ3n) is 6.31. The van der Waals surface area contributed by atoms with Gasteiger partial charge in [-0.25, -0.2) is 18.9 Å². The normalized spacial score (nSPS) is 17.2. The molecule has 3 heterocycles. The van der Waals surface area contributed by atoms with E-state index in [-0.39, 0.29) is 20.8 Å². The zero-order valence-electron chi connectivity index (χ0n) is 24.5. The number of anilines is 1. The summed E-state index contributed by atoms with van der Waals surface area (Å²) < 4.78 is 33.7. The number of oxime groups is 1. The minimum Gasteiger partial charge on any atom is -0.503 e. The quantitative estimate of drug-likeness (QED) is 0.0328. The number of urea groups is 1. The smallest absolute Gasteiger partial charge is 0.362 e. The number of hydrogen-bond acceptors (Lipinski definition) is 15. The molecule has 0 spiro atoms. The largest absolute Gasteiger partial charge is 0.503 e. The Labute approximate surface area is 268 Å². The van der Waals surface area contributed by atoms with Crippen LogP contribution in [0, 0.1) is 0 Å². The molecule has 5 amide bonds. The van der Waals surface area contributed by atoms with Gasteiger partial charge in [0.05, 0.1) is 24.5 Å². The second kappa shape index (κ2) is 13.9. The molecule has 2 aromatic heterocycles. The van der Waals surface area contributed by atoms with Gasteiger partial charge in [0.15, 0.2) is 16.6 Å². The molecule has 0 radical (unpaired) electrons. The van der Waals surface area contributed by atoms with Crippen molar-refractivity contribution in [1.29, 1.82) is 0 Å². The van der Waals surface area contributed by atoms with E-state index in [0.717, 1.165) is 31.3 Å². The number of carbonyl (C=O) groups excluding carboxylic acids is 4. The van der Waals surface area contributed by atoms with Crippen LogP contribution in [0.5, 0.6) is 5.75 Å². The first-order chi connectivity index (χ1) is 21.7. The van der Waals surface area contributed by atoms with Gasteiger partial charge in [-0.2, -0.15) is 13.1 Å². The summed E-state index contributed by atoms with van der Waals surface area (Å²) in [6, 6.07) is -4.64. The molecule has 22 nitrogen and oxygen atoms in total. The molecule has 0 aliphatic carbocycles. The van der Waals surface area contributed by atoms with E-state index in [2.05, 4.69) is 31.4 Å². The molecule has 0 saturated carbocycles. The Balaban J connectivity index is 1.69. The number of rotatable bonds is 13. The maximum absolute atomic E-state index is 13.2. The Hall–Kier alpha value is -5.49. The van der Waals surface area contributed by atoms with Crippen LogP contribution >= 0.6 is 11.3 Å². The first-order valence-corrected chi connectivity index (χ1v) is 15.3. The number of pyridine rings is 1. The standard InChI is InChI=1S/C23H29N9O13S2/c1-9(27-22(40)26-5-10-4-13(33)14(34)7-31(10)41)17(35)25-6-12-16(19(37)32(12)47(42,43)44)29-18(36)15(11-8-46-21(24)28-11)30-45-23(2,3)20(38)39/h4,7-9,12,16,34,41H,5-6H2,1-3H3,(H2,24,28)(H,25,35)(H,29,36)(H,38,39)(H2,26,27,40)(H,42,43,44)/b30-15-/t9-,12-,16+/m1/s1. The summed E-state index contributed by atoms with van der Waals surface area (Å²) in [7, 11) is -5.18. The van der Waals surface area contributed by atoms with Gasteiger partial charge in [-0.15, -0.1) is 11.3 Å². The SMILES string of the molecule is C[C@@H](NC(=O)NCc1cc(=O)c(O)cn1O)C(=O)NC[C@@H]1[C@H](NC(=O)/C(=N\OC(C)(C)C(=O)O)c2csc(N)n2)C(=O)N1S(=O)(=O)O. The van der Waals surface area contributed by atoms with Gasteiger partial charge in [0.2, 0.25) is 16.9 Å². The highest BCUT2D eigenvalue weighted by Crippen LogP contribution is 2.24. The van der Waals surface area contributed by atoms with Crippen molar-refractivity contribution in [3.63, 3.8) is 0 Å². The summed E-state index contributed by atoms with van der Waals surface area (Å²) in [6.45, 7) is 2.41. The number of aliphatic carboxylic acids is 1. The van der Waals surface area contributed by atoms with Gasteiger partial charge < -0.3 is 47.3 Å². The lowest BCUT2D eigenvalue weighted by Gasteiger charge is -2.44. The van der Waals surface area contributed by atoms with E-state index in [9.17, 15) is 57.2 Å². The number of carboxylic acid groups (broad SMARTS) is 1. The number of thiazole rings is 1. The number of nitrogens with zero attached hydrogens (tertiary/aromatic N) is 4. The number of aromatic hydroxyl groups is 1. The number of aromatic nitrogens is 2. The molecule has 1 aliphatic heterocycles. The van der Waals surface area contributed by atoms with Gasteiger partial charge in [0.1, 0.15) is 17.8 Å². The lowest BCUT2D eigenvalue weighted by molar-refractivity contribution is -0.161. The number of carbonyl (C=O) groups is 5. The zero-order chi connectivity index (χ0) is 35.4. The third-order valence-corrected chi connectivity index (χ3v) is 7.93. The highest BCUT2D eigenvalue weighted by atomic mass is 32.2. The predicted molar refractivity (Wildman–Crippen MR) is 157 cm³/mol. The number of hydrogen-bond donors (Lipinski definition) is 9. The zero-order valence-corrected chi connectivity index (χ0v) is 26.2. The predicted octanol–water partition coefficient (Wildman–Crippen LogP) is -3.08. The summed E-state index contributed by atoms with van der Waals surface area (Å²) in [5, 5.41) is 42.1. The van der Waals surface area contributed by atoms with Crippen molar-refractivity contribution >= 4 is 62.2 Å². The van der Waals surface area contributed by atoms with Gasteiger partial charge in [-0.1, -0.05) is 5.16 Å². The number of nitrogens with one attached hydrogen (secondary N) is 4. The fourth-order valence-electron chi connectivity index (χ4n) is 3.70. The Bertz CT molecular complexity index is 1790. The summed E-state index contributed by atoms with van der Waals surface area (Å²) in [5.41, 5.74) is 1.94. The number of amides is 5. The molecule has 0 aromatic carbocycles. The van der Waals surface area contributed by atoms with E-state index in [1.54, 1.807) is 0 Å².